The number of rotatable bonds is 4. The molecular weight excluding hydrogens is 344 g/mol. The monoisotopic (exact) mass is 352 g/mol. The molecule has 102 valence electrons. The van der Waals surface area contributed by atoms with Gasteiger partial charge >= 0.3 is 5.97 Å². The Morgan fingerprint density at radius 2 is 2.35 bits per heavy atom. The normalized spacial score (nSPS) is 10.8. The van der Waals surface area contributed by atoms with Crippen LogP contribution in [0.4, 0.5) is 0 Å². The summed E-state index contributed by atoms with van der Waals surface area (Å²) in [6.07, 6.45) is 3.78. The Balaban J connectivity index is 1.82. The fourth-order valence-electron chi connectivity index (χ4n) is 1.79. The number of benzene rings is 1. The third kappa shape index (κ3) is 2.54. The number of hydrogen-bond acceptors (Lipinski definition) is 4. The molecule has 20 heavy (non-hydrogen) atoms. The van der Waals surface area contributed by atoms with E-state index in [1.54, 1.807) is 12.1 Å². The first kappa shape index (κ1) is 13.1. The van der Waals surface area contributed by atoms with Crippen molar-refractivity contribution in [2.45, 2.75) is 6.61 Å². The van der Waals surface area contributed by atoms with E-state index in [1.165, 1.54) is 17.4 Å². The van der Waals surface area contributed by atoms with Crippen molar-refractivity contribution < 1.29 is 14.6 Å². The average Bonchev–Trinajstić information content (AvgIpc) is 2.96. The quantitative estimate of drug-likeness (QED) is 0.781. The van der Waals surface area contributed by atoms with Crippen LogP contribution in [0.5, 0.6) is 5.75 Å². The van der Waals surface area contributed by atoms with E-state index in [-0.39, 0.29) is 12.2 Å². The summed E-state index contributed by atoms with van der Waals surface area (Å²) >= 11 is 4.84. The summed E-state index contributed by atoms with van der Waals surface area (Å²) in [6.45, 7) is 0.227. The Morgan fingerprint density at radius 3 is 3.10 bits per heavy atom. The highest BCUT2D eigenvalue weighted by Gasteiger charge is 2.12. The Kier molecular flexibility index (Phi) is 3.45. The number of carbonyl (C=O) groups is 1. The number of fused-ring (bicyclic) bond motifs is 1. The van der Waals surface area contributed by atoms with Gasteiger partial charge in [-0.25, -0.2) is 9.78 Å². The Labute approximate surface area is 126 Å². The Bertz CT molecular complexity index is 752. The molecule has 5 nitrogen and oxygen atoms in total. The molecule has 0 atom stereocenters. The molecule has 0 amide bonds. The van der Waals surface area contributed by atoms with Gasteiger partial charge in [0.05, 0.1) is 5.69 Å². The Hall–Kier alpha value is -1.86. The van der Waals surface area contributed by atoms with E-state index in [9.17, 15) is 4.79 Å². The largest absolute Gasteiger partial charge is 0.486 e. The van der Waals surface area contributed by atoms with Gasteiger partial charge in [-0.15, -0.1) is 11.3 Å². The summed E-state index contributed by atoms with van der Waals surface area (Å²) in [5.74, 6) is -0.693. The van der Waals surface area contributed by atoms with Gasteiger partial charge in [0.1, 0.15) is 17.9 Å². The Morgan fingerprint density at radius 1 is 1.50 bits per heavy atom. The summed E-state index contributed by atoms with van der Waals surface area (Å²) < 4.78 is 8.25. The molecular formula is C13H9BrN2O3S. The van der Waals surface area contributed by atoms with E-state index in [2.05, 4.69) is 20.9 Å². The molecule has 3 rings (SSSR count). The predicted molar refractivity (Wildman–Crippen MR) is 78.5 cm³/mol. The molecule has 7 heteroatoms. The van der Waals surface area contributed by atoms with Crippen LogP contribution in [0.1, 0.15) is 16.1 Å². The fourth-order valence-corrected chi connectivity index (χ4v) is 2.85. The molecule has 0 saturated heterocycles. The third-order valence-electron chi connectivity index (χ3n) is 2.69. The van der Waals surface area contributed by atoms with E-state index in [0.717, 1.165) is 15.1 Å². The number of aromatic nitrogens is 2. The first-order valence-electron chi connectivity index (χ1n) is 5.70. The van der Waals surface area contributed by atoms with E-state index >= 15 is 0 Å². The zero-order chi connectivity index (χ0) is 14.1. The van der Waals surface area contributed by atoms with Crippen LogP contribution >= 0.6 is 27.3 Å². The first-order chi connectivity index (χ1) is 9.63. The van der Waals surface area contributed by atoms with Gasteiger partial charge in [0, 0.05) is 22.2 Å². The third-order valence-corrected chi connectivity index (χ3v) is 3.96. The van der Waals surface area contributed by atoms with Gasteiger partial charge < -0.3 is 9.84 Å². The van der Waals surface area contributed by atoms with E-state index < -0.39 is 5.97 Å². The maximum Gasteiger partial charge on any atom is 0.339 e. The SMILES string of the molecule is O=C(O)c1ccc(Br)cc1OCc1cn2ccsc2n1. The van der Waals surface area contributed by atoms with E-state index in [4.69, 9.17) is 9.84 Å². The summed E-state index contributed by atoms with van der Waals surface area (Å²) in [4.78, 5) is 16.4. The molecule has 0 aliphatic rings. The van der Waals surface area contributed by atoms with Crippen molar-refractivity contribution in [3.05, 3.63) is 51.7 Å². The smallest absolute Gasteiger partial charge is 0.339 e. The van der Waals surface area contributed by atoms with Crippen molar-refractivity contribution >= 4 is 38.2 Å². The molecule has 0 unspecified atom stereocenters. The van der Waals surface area contributed by atoms with E-state index in [1.807, 2.05) is 22.2 Å². The number of imidazole rings is 1. The number of nitrogens with zero attached hydrogens (tertiary/aromatic N) is 2. The molecule has 0 spiro atoms. The van der Waals surface area contributed by atoms with Gasteiger partial charge in [-0.2, -0.15) is 0 Å². The highest BCUT2D eigenvalue weighted by atomic mass is 79.9. The van der Waals surface area contributed by atoms with Crippen molar-refractivity contribution in [2.24, 2.45) is 0 Å². The molecule has 0 bridgehead atoms. The molecule has 0 aliphatic heterocycles. The minimum Gasteiger partial charge on any atom is -0.486 e. The van der Waals surface area contributed by atoms with Gasteiger partial charge in [-0.05, 0) is 18.2 Å². The second-order valence-corrected chi connectivity index (χ2v) is 5.85. The lowest BCUT2D eigenvalue weighted by atomic mass is 10.2. The van der Waals surface area contributed by atoms with Crippen LogP contribution in [0.3, 0.4) is 0 Å². The van der Waals surface area contributed by atoms with Gasteiger partial charge in [-0.3, -0.25) is 4.40 Å². The van der Waals surface area contributed by atoms with Crippen LogP contribution in [-0.4, -0.2) is 20.5 Å². The van der Waals surface area contributed by atoms with E-state index in [0.29, 0.717) is 5.75 Å². The van der Waals surface area contributed by atoms with Crippen molar-refractivity contribution in [1.82, 2.24) is 9.38 Å². The van der Waals surface area contributed by atoms with Gasteiger partial charge in [0.25, 0.3) is 0 Å². The molecule has 2 aromatic heterocycles. The van der Waals surface area contributed by atoms with Crippen molar-refractivity contribution in [3.8, 4) is 5.75 Å². The maximum absolute atomic E-state index is 11.1. The maximum atomic E-state index is 11.1. The summed E-state index contributed by atoms with van der Waals surface area (Å²) in [5.41, 5.74) is 0.891. The minimum absolute atomic E-state index is 0.134. The number of carboxylic acids is 1. The fraction of sp³-hybridized carbons (Fsp3) is 0.0769. The lowest BCUT2D eigenvalue weighted by Crippen LogP contribution is -2.03. The molecule has 1 N–H and O–H groups in total. The number of aromatic carboxylic acids is 1. The first-order valence-corrected chi connectivity index (χ1v) is 7.37. The second-order valence-electron chi connectivity index (χ2n) is 4.06. The molecule has 3 aromatic rings. The molecule has 0 fully saturated rings. The van der Waals surface area contributed by atoms with Gasteiger partial charge in [-0.1, -0.05) is 15.9 Å². The molecule has 1 aromatic carbocycles. The lowest BCUT2D eigenvalue weighted by Gasteiger charge is -2.08. The van der Waals surface area contributed by atoms with Gasteiger partial charge in [0.15, 0.2) is 4.96 Å². The number of carboxylic acid groups (broad SMARTS) is 1. The van der Waals surface area contributed by atoms with Crippen LogP contribution in [0.15, 0.2) is 40.4 Å². The van der Waals surface area contributed by atoms with Crippen molar-refractivity contribution in [1.29, 1.82) is 0 Å². The van der Waals surface area contributed by atoms with Crippen LogP contribution in [0, 0.1) is 0 Å². The predicted octanol–water partition coefficient (Wildman–Crippen LogP) is 3.44. The molecule has 2 heterocycles. The van der Waals surface area contributed by atoms with Crippen LogP contribution in [0.2, 0.25) is 0 Å². The molecule has 0 radical (unpaired) electrons. The number of hydrogen-bond donors (Lipinski definition) is 1. The summed E-state index contributed by atoms with van der Waals surface area (Å²) in [7, 11) is 0. The summed E-state index contributed by atoms with van der Waals surface area (Å²) in [6, 6.07) is 4.82. The molecule has 0 saturated carbocycles. The minimum atomic E-state index is -1.02. The van der Waals surface area contributed by atoms with Crippen LogP contribution < -0.4 is 4.74 Å². The molecule has 0 aliphatic carbocycles. The van der Waals surface area contributed by atoms with Crippen LogP contribution in [0.25, 0.3) is 4.96 Å². The standard InChI is InChI=1S/C13H9BrN2O3S/c14-8-1-2-10(12(17)18)11(5-8)19-7-9-6-16-3-4-20-13(16)15-9/h1-6H,7H2,(H,17,18). The average molecular weight is 353 g/mol. The highest BCUT2D eigenvalue weighted by molar-refractivity contribution is 9.10. The van der Waals surface area contributed by atoms with Gasteiger partial charge in [0.2, 0.25) is 0 Å². The zero-order valence-electron chi connectivity index (χ0n) is 10.1. The van der Waals surface area contributed by atoms with Crippen LogP contribution in [-0.2, 0) is 6.61 Å². The number of halogens is 1. The number of thiazole rings is 1. The van der Waals surface area contributed by atoms with Crippen molar-refractivity contribution in [3.63, 3.8) is 0 Å². The number of ether oxygens (including phenoxy) is 1. The topological polar surface area (TPSA) is 63.8 Å². The second kappa shape index (κ2) is 5.26. The summed E-state index contributed by atoms with van der Waals surface area (Å²) in [5, 5.41) is 11.1. The lowest BCUT2D eigenvalue weighted by molar-refractivity contribution is 0.0691. The zero-order valence-corrected chi connectivity index (χ0v) is 12.5. The highest BCUT2D eigenvalue weighted by Crippen LogP contribution is 2.25. The van der Waals surface area contributed by atoms with Crippen molar-refractivity contribution in [2.75, 3.05) is 0 Å².